The number of fused-ring (bicyclic) bond motifs is 2. The van der Waals surface area contributed by atoms with Gasteiger partial charge >= 0.3 is 0 Å². The molecule has 0 saturated carbocycles. The summed E-state index contributed by atoms with van der Waals surface area (Å²) in [7, 11) is 0. The molecule has 0 bridgehead atoms. The first-order chi connectivity index (χ1) is 11.3. The molecule has 4 heteroatoms. The number of nitrogens with zero attached hydrogens (tertiary/aromatic N) is 4. The van der Waals surface area contributed by atoms with Crippen LogP contribution in [0.15, 0.2) is 24.3 Å². The van der Waals surface area contributed by atoms with Crippen LogP contribution in [0.25, 0.3) is 11.0 Å². The summed E-state index contributed by atoms with van der Waals surface area (Å²) in [6, 6.07) is 8.22. The van der Waals surface area contributed by atoms with Crippen LogP contribution in [0.3, 0.4) is 0 Å². The van der Waals surface area contributed by atoms with Crippen LogP contribution in [0.5, 0.6) is 0 Å². The summed E-state index contributed by atoms with van der Waals surface area (Å²) < 4.78 is 0. The van der Waals surface area contributed by atoms with Gasteiger partial charge in [-0.3, -0.25) is 0 Å². The summed E-state index contributed by atoms with van der Waals surface area (Å²) in [6.45, 7) is 8.90. The lowest BCUT2D eigenvalue weighted by molar-refractivity contribution is 0.539. The monoisotopic (exact) mass is 312 g/mol. The molecule has 2 aromatic rings. The Morgan fingerprint density at radius 2 is 1.30 bits per heavy atom. The maximum Gasteiger partial charge on any atom is 0.174 e. The summed E-state index contributed by atoms with van der Waals surface area (Å²) in [5, 5.41) is 0. The minimum atomic E-state index is 0.403. The third-order valence-electron chi connectivity index (χ3n) is 4.67. The molecule has 4 nitrogen and oxygen atoms in total. The molecule has 0 atom stereocenters. The fraction of sp³-hybridized carbons (Fsp3) is 0.579. The molecule has 1 aliphatic heterocycles. The Bertz CT molecular complexity index is 600. The number of hydrogen-bond acceptors (Lipinski definition) is 4. The van der Waals surface area contributed by atoms with Gasteiger partial charge in [0.2, 0.25) is 0 Å². The van der Waals surface area contributed by atoms with E-state index in [1.807, 2.05) is 12.1 Å². The number of rotatable bonds is 7. The molecule has 1 aromatic carbocycles. The minimum absolute atomic E-state index is 0.403. The standard InChI is InChI=1S/C19H28N4/c1-4-7-13-22-17(6-3)23(14-8-5-2)19-18(22)20-15-11-9-10-12-16(15)21-19/h9-12,17H,4-8,13-14H2,1-3H3. The average Bonchev–Trinajstić information content (AvgIpc) is 2.87. The van der Waals surface area contributed by atoms with E-state index in [0.717, 1.165) is 42.2 Å². The first kappa shape index (κ1) is 16.0. The SMILES string of the molecule is CCCCN1c2nc3ccccc3nc2N(CCCC)C1CC. The molecule has 0 radical (unpaired) electrons. The molecular weight excluding hydrogens is 284 g/mol. The van der Waals surface area contributed by atoms with Crippen molar-refractivity contribution in [2.45, 2.75) is 59.0 Å². The summed E-state index contributed by atoms with van der Waals surface area (Å²) >= 11 is 0. The predicted octanol–water partition coefficient (Wildman–Crippen LogP) is 4.59. The van der Waals surface area contributed by atoms with Crippen molar-refractivity contribution in [2.75, 3.05) is 22.9 Å². The number of anilines is 2. The molecule has 1 aromatic heterocycles. The normalized spacial score (nSPS) is 14.7. The molecule has 124 valence electrons. The Morgan fingerprint density at radius 3 is 1.70 bits per heavy atom. The highest BCUT2D eigenvalue weighted by molar-refractivity contribution is 5.83. The van der Waals surface area contributed by atoms with Crippen molar-refractivity contribution in [2.24, 2.45) is 0 Å². The quantitative estimate of drug-likeness (QED) is 0.748. The van der Waals surface area contributed by atoms with Crippen molar-refractivity contribution < 1.29 is 0 Å². The van der Waals surface area contributed by atoms with Gasteiger partial charge in [0, 0.05) is 13.1 Å². The number of para-hydroxylation sites is 2. The third kappa shape index (κ3) is 2.99. The van der Waals surface area contributed by atoms with Gasteiger partial charge in [0.25, 0.3) is 0 Å². The van der Waals surface area contributed by atoms with E-state index in [0.29, 0.717) is 6.17 Å². The third-order valence-corrected chi connectivity index (χ3v) is 4.67. The van der Waals surface area contributed by atoms with Crippen LogP contribution in [0, 0.1) is 0 Å². The van der Waals surface area contributed by atoms with E-state index in [9.17, 15) is 0 Å². The van der Waals surface area contributed by atoms with Crippen molar-refractivity contribution in [1.82, 2.24) is 9.97 Å². The van der Waals surface area contributed by atoms with Crippen LogP contribution in [0.1, 0.15) is 52.9 Å². The number of hydrogen-bond donors (Lipinski definition) is 0. The van der Waals surface area contributed by atoms with Gasteiger partial charge in [-0.05, 0) is 31.4 Å². The van der Waals surface area contributed by atoms with Gasteiger partial charge in [0.1, 0.15) is 6.17 Å². The summed E-state index contributed by atoms with van der Waals surface area (Å²) in [5.41, 5.74) is 2.00. The van der Waals surface area contributed by atoms with Gasteiger partial charge < -0.3 is 9.80 Å². The van der Waals surface area contributed by atoms with Crippen LogP contribution in [0.2, 0.25) is 0 Å². The summed E-state index contributed by atoms with van der Waals surface area (Å²) in [6.07, 6.45) is 6.32. The van der Waals surface area contributed by atoms with E-state index in [4.69, 9.17) is 9.97 Å². The molecule has 0 N–H and O–H groups in total. The Hall–Kier alpha value is -1.84. The maximum absolute atomic E-state index is 4.97. The fourth-order valence-corrected chi connectivity index (χ4v) is 3.42. The summed E-state index contributed by atoms with van der Waals surface area (Å²) in [5.74, 6) is 2.17. The van der Waals surface area contributed by atoms with Gasteiger partial charge in [-0.2, -0.15) is 0 Å². The molecule has 3 rings (SSSR count). The fourth-order valence-electron chi connectivity index (χ4n) is 3.42. The van der Waals surface area contributed by atoms with Crippen LogP contribution < -0.4 is 9.80 Å². The van der Waals surface area contributed by atoms with E-state index in [1.165, 1.54) is 25.7 Å². The molecule has 1 aliphatic rings. The van der Waals surface area contributed by atoms with Crippen molar-refractivity contribution in [3.8, 4) is 0 Å². The largest absolute Gasteiger partial charge is 0.333 e. The van der Waals surface area contributed by atoms with Gasteiger partial charge in [0.05, 0.1) is 11.0 Å². The van der Waals surface area contributed by atoms with Crippen molar-refractivity contribution in [3.63, 3.8) is 0 Å². The molecule has 0 saturated heterocycles. The van der Waals surface area contributed by atoms with Crippen LogP contribution >= 0.6 is 0 Å². The Kier molecular flexibility index (Phi) is 4.99. The van der Waals surface area contributed by atoms with Crippen LogP contribution in [0.4, 0.5) is 11.6 Å². The van der Waals surface area contributed by atoms with Crippen LogP contribution in [-0.4, -0.2) is 29.2 Å². The molecule has 0 fully saturated rings. The molecule has 0 spiro atoms. The molecule has 0 unspecified atom stereocenters. The summed E-state index contributed by atoms with van der Waals surface area (Å²) in [4.78, 5) is 14.9. The van der Waals surface area contributed by atoms with Crippen LogP contribution in [-0.2, 0) is 0 Å². The number of unbranched alkanes of at least 4 members (excludes halogenated alkanes) is 2. The molecule has 0 amide bonds. The van der Waals surface area contributed by atoms with Crippen molar-refractivity contribution >= 4 is 22.7 Å². The van der Waals surface area contributed by atoms with E-state index >= 15 is 0 Å². The highest BCUT2D eigenvalue weighted by atomic mass is 15.5. The molecular formula is C19H28N4. The lowest BCUT2D eigenvalue weighted by Gasteiger charge is -2.31. The predicted molar refractivity (Wildman–Crippen MR) is 98.1 cm³/mol. The zero-order chi connectivity index (χ0) is 16.2. The van der Waals surface area contributed by atoms with E-state index in [1.54, 1.807) is 0 Å². The smallest absolute Gasteiger partial charge is 0.174 e. The number of benzene rings is 1. The van der Waals surface area contributed by atoms with E-state index < -0.39 is 0 Å². The second-order valence-electron chi connectivity index (χ2n) is 6.34. The maximum atomic E-state index is 4.97. The second kappa shape index (κ2) is 7.16. The van der Waals surface area contributed by atoms with E-state index in [-0.39, 0.29) is 0 Å². The van der Waals surface area contributed by atoms with Gasteiger partial charge in [0.15, 0.2) is 11.6 Å². The van der Waals surface area contributed by atoms with Gasteiger partial charge in [-0.1, -0.05) is 45.7 Å². The lowest BCUT2D eigenvalue weighted by atomic mass is 10.2. The Labute approximate surface area is 139 Å². The highest BCUT2D eigenvalue weighted by Gasteiger charge is 2.36. The minimum Gasteiger partial charge on any atom is -0.333 e. The number of aromatic nitrogens is 2. The van der Waals surface area contributed by atoms with Gasteiger partial charge in [-0.25, -0.2) is 9.97 Å². The molecule has 2 heterocycles. The zero-order valence-corrected chi connectivity index (χ0v) is 14.6. The second-order valence-corrected chi connectivity index (χ2v) is 6.34. The Morgan fingerprint density at radius 1 is 0.826 bits per heavy atom. The first-order valence-electron chi connectivity index (χ1n) is 9.10. The zero-order valence-electron chi connectivity index (χ0n) is 14.6. The van der Waals surface area contributed by atoms with Crippen molar-refractivity contribution in [3.05, 3.63) is 24.3 Å². The molecule has 0 aliphatic carbocycles. The van der Waals surface area contributed by atoms with E-state index in [2.05, 4.69) is 42.7 Å². The molecule has 23 heavy (non-hydrogen) atoms. The van der Waals surface area contributed by atoms with Crippen molar-refractivity contribution in [1.29, 1.82) is 0 Å². The highest BCUT2D eigenvalue weighted by Crippen LogP contribution is 2.39. The Balaban J connectivity index is 2.05. The van der Waals surface area contributed by atoms with Gasteiger partial charge in [-0.15, -0.1) is 0 Å². The first-order valence-corrected chi connectivity index (χ1v) is 9.10. The topological polar surface area (TPSA) is 32.3 Å². The average molecular weight is 312 g/mol. The lowest BCUT2D eigenvalue weighted by Crippen LogP contribution is -2.44.